The van der Waals surface area contributed by atoms with E-state index in [1.54, 1.807) is 12.1 Å². The van der Waals surface area contributed by atoms with E-state index in [2.05, 4.69) is 9.62 Å². The normalized spacial score (nSPS) is 18.1. The lowest BCUT2D eigenvalue weighted by Crippen LogP contribution is -2.45. The Balaban J connectivity index is 2.03. The van der Waals surface area contributed by atoms with Crippen molar-refractivity contribution in [1.29, 1.82) is 0 Å². The predicted octanol–water partition coefficient (Wildman–Crippen LogP) is 0.888. The summed E-state index contributed by atoms with van der Waals surface area (Å²) >= 11 is 0. The highest BCUT2D eigenvalue weighted by Gasteiger charge is 2.20. The first-order valence-corrected chi connectivity index (χ1v) is 8.80. The average Bonchev–Trinajstić information content (AvgIpc) is 2.47. The second-order valence-electron chi connectivity index (χ2n) is 5.52. The number of hydrogen-bond donors (Lipinski definition) is 1. The van der Waals surface area contributed by atoms with Crippen LogP contribution in [0.25, 0.3) is 0 Å². The van der Waals surface area contributed by atoms with Crippen molar-refractivity contribution in [3.8, 4) is 0 Å². The summed E-state index contributed by atoms with van der Waals surface area (Å²) in [6.45, 7) is 6.87. The Morgan fingerprint density at radius 1 is 1.36 bits per heavy atom. The summed E-state index contributed by atoms with van der Waals surface area (Å²) in [5, 5.41) is 0. The number of rotatable bonds is 6. The Kier molecular flexibility index (Phi) is 5.69. The number of nitrogens with one attached hydrogen (secondary N) is 1. The maximum absolute atomic E-state index is 12.4. The maximum Gasteiger partial charge on any atom is 0.240 e. The Bertz CT molecular complexity index is 624. The second-order valence-corrected chi connectivity index (χ2v) is 7.23. The first-order valence-electron chi connectivity index (χ1n) is 7.32. The molecule has 7 heteroatoms. The summed E-state index contributed by atoms with van der Waals surface area (Å²) in [6.07, 6.45) is 0. The largest absolute Gasteiger partial charge is 0.379 e. The van der Waals surface area contributed by atoms with Gasteiger partial charge in [-0.3, -0.25) is 9.69 Å². The number of carbonyl (C=O) groups excluding carboxylic acids is 1. The van der Waals surface area contributed by atoms with Crippen LogP contribution >= 0.6 is 0 Å². The minimum absolute atomic E-state index is 0.119. The number of Topliss-reactive ketones (excluding diaryl/α,β-unsaturated/α-hetero) is 1. The molecular formula is C15H22N2O4S. The first-order chi connectivity index (χ1) is 10.4. The van der Waals surface area contributed by atoms with Crippen LogP contribution in [-0.4, -0.2) is 58.0 Å². The van der Waals surface area contributed by atoms with Gasteiger partial charge in [0, 0.05) is 31.2 Å². The Morgan fingerprint density at radius 3 is 2.68 bits per heavy atom. The van der Waals surface area contributed by atoms with Gasteiger partial charge in [-0.2, -0.15) is 0 Å². The van der Waals surface area contributed by atoms with Gasteiger partial charge in [0.1, 0.15) is 0 Å². The molecule has 0 bridgehead atoms. The van der Waals surface area contributed by atoms with E-state index in [-0.39, 0.29) is 16.7 Å². The van der Waals surface area contributed by atoms with E-state index in [0.29, 0.717) is 25.3 Å². The monoisotopic (exact) mass is 326 g/mol. The number of benzene rings is 1. The molecule has 1 heterocycles. The lowest BCUT2D eigenvalue weighted by Gasteiger charge is -2.29. The van der Waals surface area contributed by atoms with Gasteiger partial charge in [-0.15, -0.1) is 0 Å². The SMILES string of the molecule is CC(=O)c1cccc(S(=O)(=O)N[C@@H](C)CN2CCOCC2)c1. The fourth-order valence-electron chi connectivity index (χ4n) is 2.42. The summed E-state index contributed by atoms with van der Waals surface area (Å²) in [5.74, 6) is -0.154. The van der Waals surface area contributed by atoms with Gasteiger partial charge in [-0.05, 0) is 26.0 Å². The van der Waals surface area contributed by atoms with E-state index in [9.17, 15) is 13.2 Å². The van der Waals surface area contributed by atoms with Gasteiger partial charge in [-0.25, -0.2) is 13.1 Å². The number of morpholine rings is 1. The maximum atomic E-state index is 12.4. The molecule has 0 radical (unpaired) electrons. The predicted molar refractivity (Wildman–Crippen MR) is 83.5 cm³/mol. The topological polar surface area (TPSA) is 75.7 Å². The summed E-state index contributed by atoms with van der Waals surface area (Å²) in [5.41, 5.74) is 0.392. The smallest absolute Gasteiger partial charge is 0.240 e. The van der Waals surface area contributed by atoms with Gasteiger partial charge in [0.25, 0.3) is 0 Å². The Morgan fingerprint density at radius 2 is 2.05 bits per heavy atom. The van der Waals surface area contributed by atoms with Crippen LogP contribution in [0.3, 0.4) is 0 Å². The molecule has 0 aromatic heterocycles. The van der Waals surface area contributed by atoms with Crippen molar-refractivity contribution in [3.63, 3.8) is 0 Å². The molecule has 1 fully saturated rings. The van der Waals surface area contributed by atoms with Crippen LogP contribution in [0.1, 0.15) is 24.2 Å². The minimum atomic E-state index is -3.63. The van der Waals surface area contributed by atoms with Crippen molar-refractivity contribution in [2.24, 2.45) is 0 Å². The summed E-state index contributed by atoms with van der Waals surface area (Å²) in [7, 11) is -3.63. The van der Waals surface area contributed by atoms with Crippen LogP contribution in [0, 0.1) is 0 Å². The van der Waals surface area contributed by atoms with Crippen molar-refractivity contribution in [3.05, 3.63) is 29.8 Å². The third-order valence-corrected chi connectivity index (χ3v) is 5.13. The van der Waals surface area contributed by atoms with Crippen molar-refractivity contribution in [2.75, 3.05) is 32.8 Å². The molecule has 0 spiro atoms. The second kappa shape index (κ2) is 7.32. The number of nitrogens with zero attached hydrogens (tertiary/aromatic N) is 1. The number of sulfonamides is 1. The van der Waals surface area contributed by atoms with E-state index in [1.807, 2.05) is 6.92 Å². The molecule has 1 aromatic carbocycles. The highest BCUT2D eigenvalue weighted by molar-refractivity contribution is 7.89. The third-order valence-electron chi connectivity index (χ3n) is 3.54. The van der Waals surface area contributed by atoms with E-state index in [4.69, 9.17) is 4.74 Å². The molecular weight excluding hydrogens is 304 g/mol. The van der Waals surface area contributed by atoms with Crippen LogP contribution in [0.15, 0.2) is 29.2 Å². The van der Waals surface area contributed by atoms with E-state index < -0.39 is 10.0 Å². The minimum Gasteiger partial charge on any atom is -0.379 e. The molecule has 0 saturated carbocycles. The lowest BCUT2D eigenvalue weighted by molar-refractivity contribution is 0.0354. The molecule has 2 rings (SSSR count). The molecule has 1 aliphatic heterocycles. The summed E-state index contributed by atoms with van der Waals surface area (Å²) < 4.78 is 32.7. The average molecular weight is 326 g/mol. The van der Waals surface area contributed by atoms with Crippen LogP contribution in [-0.2, 0) is 14.8 Å². The quantitative estimate of drug-likeness (QED) is 0.786. The van der Waals surface area contributed by atoms with Gasteiger partial charge in [-0.1, -0.05) is 12.1 Å². The van der Waals surface area contributed by atoms with Crippen molar-refractivity contribution < 1.29 is 17.9 Å². The molecule has 1 N–H and O–H groups in total. The Hall–Kier alpha value is -1.28. The zero-order valence-corrected chi connectivity index (χ0v) is 13.7. The number of ether oxygens (including phenoxy) is 1. The summed E-state index contributed by atoms with van der Waals surface area (Å²) in [6, 6.07) is 5.88. The highest BCUT2D eigenvalue weighted by Crippen LogP contribution is 2.13. The van der Waals surface area contributed by atoms with Crippen LogP contribution < -0.4 is 4.72 Å². The fourth-order valence-corrected chi connectivity index (χ4v) is 3.70. The van der Waals surface area contributed by atoms with Gasteiger partial charge < -0.3 is 4.74 Å². The zero-order valence-electron chi connectivity index (χ0n) is 12.9. The molecule has 0 unspecified atom stereocenters. The fraction of sp³-hybridized carbons (Fsp3) is 0.533. The van der Waals surface area contributed by atoms with Crippen LogP contribution in [0.5, 0.6) is 0 Å². The molecule has 1 aliphatic rings. The molecule has 1 saturated heterocycles. The third kappa shape index (κ3) is 4.61. The van der Waals surface area contributed by atoms with Gasteiger partial charge in [0.15, 0.2) is 5.78 Å². The highest BCUT2D eigenvalue weighted by atomic mass is 32.2. The van der Waals surface area contributed by atoms with E-state index in [1.165, 1.54) is 19.1 Å². The molecule has 0 amide bonds. The number of ketones is 1. The molecule has 6 nitrogen and oxygen atoms in total. The van der Waals surface area contributed by atoms with E-state index >= 15 is 0 Å². The van der Waals surface area contributed by atoms with Crippen LogP contribution in [0.2, 0.25) is 0 Å². The molecule has 22 heavy (non-hydrogen) atoms. The van der Waals surface area contributed by atoms with Crippen molar-refractivity contribution >= 4 is 15.8 Å². The lowest BCUT2D eigenvalue weighted by atomic mass is 10.2. The number of carbonyl (C=O) groups is 1. The molecule has 1 atom stereocenters. The molecule has 122 valence electrons. The van der Waals surface area contributed by atoms with Gasteiger partial charge in [0.2, 0.25) is 10.0 Å². The van der Waals surface area contributed by atoms with Crippen LogP contribution in [0.4, 0.5) is 0 Å². The standard InChI is InChI=1S/C15H22N2O4S/c1-12(11-17-6-8-21-9-7-17)16-22(19,20)15-5-3-4-14(10-15)13(2)18/h3-5,10,12,16H,6-9,11H2,1-2H3/t12-/m0/s1. The summed E-state index contributed by atoms with van der Waals surface area (Å²) in [4.78, 5) is 13.7. The molecule has 1 aromatic rings. The number of hydrogen-bond acceptors (Lipinski definition) is 5. The van der Waals surface area contributed by atoms with E-state index in [0.717, 1.165) is 13.1 Å². The first kappa shape index (κ1) is 17.1. The van der Waals surface area contributed by atoms with Gasteiger partial charge in [0.05, 0.1) is 18.1 Å². The van der Waals surface area contributed by atoms with Crippen molar-refractivity contribution in [2.45, 2.75) is 24.8 Å². The Labute approximate surface area is 131 Å². The van der Waals surface area contributed by atoms with Gasteiger partial charge >= 0.3 is 0 Å². The van der Waals surface area contributed by atoms with Crippen molar-refractivity contribution in [1.82, 2.24) is 9.62 Å². The zero-order chi connectivity index (χ0) is 16.2. The molecule has 0 aliphatic carbocycles.